The predicted molar refractivity (Wildman–Crippen MR) is 80.5 cm³/mol. The highest BCUT2D eigenvalue weighted by molar-refractivity contribution is 5.82. The van der Waals surface area contributed by atoms with Gasteiger partial charge >= 0.3 is 0 Å². The van der Waals surface area contributed by atoms with Crippen LogP contribution in [0.15, 0.2) is 40.8 Å². The van der Waals surface area contributed by atoms with Crippen LogP contribution in [0.25, 0.3) is 11.0 Å². The molecule has 0 bridgehead atoms. The van der Waals surface area contributed by atoms with Gasteiger partial charge in [0.25, 0.3) is 0 Å². The predicted octanol–water partition coefficient (Wildman–Crippen LogP) is 3.78. The molecule has 1 N–H and O–H groups in total. The van der Waals surface area contributed by atoms with Crippen molar-refractivity contribution >= 4 is 11.0 Å². The van der Waals surface area contributed by atoms with E-state index in [0.29, 0.717) is 19.3 Å². The van der Waals surface area contributed by atoms with E-state index >= 15 is 0 Å². The summed E-state index contributed by atoms with van der Waals surface area (Å²) in [5.74, 6) is 0.948. The van der Waals surface area contributed by atoms with Crippen molar-refractivity contribution in [2.24, 2.45) is 0 Å². The van der Waals surface area contributed by atoms with Gasteiger partial charge in [-0.25, -0.2) is 0 Å². The minimum Gasteiger partial charge on any atom is -0.458 e. The van der Waals surface area contributed by atoms with Gasteiger partial charge in [0.1, 0.15) is 18.0 Å². The zero-order chi connectivity index (χ0) is 13.8. The van der Waals surface area contributed by atoms with Crippen LogP contribution in [0, 0.1) is 0 Å². The summed E-state index contributed by atoms with van der Waals surface area (Å²) in [6, 6.07) is 8.90. The molecule has 1 heterocycles. The van der Waals surface area contributed by atoms with Crippen molar-refractivity contribution in [3.63, 3.8) is 0 Å². The fourth-order valence-electron chi connectivity index (χ4n) is 2.31. The minimum absolute atomic E-state index is 0.528. The molecule has 0 saturated heterocycles. The van der Waals surface area contributed by atoms with E-state index in [1.54, 1.807) is 0 Å². The molecule has 3 heteroatoms. The first-order chi connectivity index (χ1) is 9.88. The van der Waals surface area contributed by atoms with Gasteiger partial charge in [-0.3, -0.25) is 0 Å². The number of ether oxygens (including phenoxy) is 1. The van der Waals surface area contributed by atoms with Gasteiger partial charge < -0.3 is 14.5 Å². The van der Waals surface area contributed by atoms with Crippen molar-refractivity contribution in [2.45, 2.75) is 39.0 Å². The van der Waals surface area contributed by atoms with Gasteiger partial charge in [0, 0.05) is 23.5 Å². The lowest BCUT2D eigenvalue weighted by molar-refractivity contribution is 0.132. The maximum atomic E-state index is 5.94. The Morgan fingerprint density at radius 2 is 2.20 bits per heavy atom. The van der Waals surface area contributed by atoms with Gasteiger partial charge in [-0.1, -0.05) is 30.4 Å². The first kappa shape index (κ1) is 13.4. The van der Waals surface area contributed by atoms with Crippen LogP contribution in [0.1, 0.15) is 31.1 Å². The molecule has 3 nitrogen and oxygen atoms in total. The van der Waals surface area contributed by atoms with E-state index in [1.807, 2.05) is 31.2 Å². The molecule has 0 spiro atoms. The van der Waals surface area contributed by atoms with Crippen LogP contribution in [0.2, 0.25) is 0 Å². The van der Waals surface area contributed by atoms with E-state index in [2.05, 4.69) is 17.4 Å². The number of allylic oxidation sites excluding steroid dienone is 1. The van der Waals surface area contributed by atoms with Crippen molar-refractivity contribution in [2.75, 3.05) is 6.61 Å². The molecule has 0 unspecified atom stereocenters. The van der Waals surface area contributed by atoms with Crippen LogP contribution < -0.4 is 5.32 Å². The largest absolute Gasteiger partial charge is 0.458 e. The molecule has 2 aromatic rings. The van der Waals surface area contributed by atoms with E-state index < -0.39 is 0 Å². The molecular formula is C17H21NO2. The molecule has 106 valence electrons. The summed E-state index contributed by atoms with van der Waals surface area (Å²) in [5.41, 5.74) is 2.19. The van der Waals surface area contributed by atoms with Crippen LogP contribution in [0.4, 0.5) is 0 Å². The van der Waals surface area contributed by atoms with Crippen LogP contribution in [0.3, 0.4) is 0 Å². The van der Waals surface area contributed by atoms with E-state index in [4.69, 9.17) is 9.15 Å². The molecule has 0 radical (unpaired) electrons. The third-order valence-electron chi connectivity index (χ3n) is 3.61. The summed E-state index contributed by atoms with van der Waals surface area (Å²) in [7, 11) is 0. The lowest BCUT2D eigenvalue weighted by atomic mass is 10.1. The van der Waals surface area contributed by atoms with Crippen LogP contribution in [-0.2, 0) is 17.9 Å². The van der Waals surface area contributed by atoms with Crippen molar-refractivity contribution in [1.82, 2.24) is 5.32 Å². The molecular weight excluding hydrogens is 250 g/mol. The normalized spacial score (nSPS) is 15.4. The van der Waals surface area contributed by atoms with E-state index in [0.717, 1.165) is 17.9 Å². The number of nitrogens with one attached hydrogen (secondary N) is 1. The maximum absolute atomic E-state index is 5.94. The molecule has 1 aliphatic rings. The van der Waals surface area contributed by atoms with Crippen LogP contribution >= 0.6 is 0 Å². The Balaban J connectivity index is 1.78. The van der Waals surface area contributed by atoms with Gasteiger partial charge in [-0.2, -0.15) is 0 Å². The number of benzene rings is 1. The Morgan fingerprint density at radius 3 is 3.00 bits per heavy atom. The molecule has 1 fully saturated rings. The number of hydrogen-bond donors (Lipinski definition) is 1. The zero-order valence-corrected chi connectivity index (χ0v) is 11.9. The average Bonchev–Trinajstić information content (AvgIpc) is 3.23. The van der Waals surface area contributed by atoms with Gasteiger partial charge in [-0.15, -0.1) is 0 Å². The fraction of sp³-hybridized carbons (Fsp3) is 0.412. The molecule has 1 aliphatic carbocycles. The molecule has 0 aliphatic heterocycles. The SMILES string of the molecule is CC=CCOCc1oc2ccccc2c1CNC1CC1. The smallest absolute Gasteiger partial charge is 0.135 e. The highest BCUT2D eigenvalue weighted by Crippen LogP contribution is 2.28. The summed E-state index contributed by atoms with van der Waals surface area (Å²) >= 11 is 0. The monoisotopic (exact) mass is 271 g/mol. The maximum Gasteiger partial charge on any atom is 0.135 e. The molecule has 1 aromatic heterocycles. The number of rotatable bonds is 7. The number of hydrogen-bond acceptors (Lipinski definition) is 3. The van der Waals surface area contributed by atoms with Crippen LogP contribution in [0.5, 0.6) is 0 Å². The second-order valence-electron chi connectivity index (χ2n) is 5.24. The number of fused-ring (bicyclic) bond motifs is 1. The van der Waals surface area contributed by atoms with Crippen molar-refractivity contribution in [1.29, 1.82) is 0 Å². The Kier molecular flexibility index (Phi) is 4.19. The highest BCUT2D eigenvalue weighted by atomic mass is 16.5. The van der Waals surface area contributed by atoms with E-state index in [9.17, 15) is 0 Å². The Bertz CT molecular complexity index is 596. The minimum atomic E-state index is 0.528. The quantitative estimate of drug-likeness (QED) is 0.615. The Labute approximate surface area is 119 Å². The molecule has 3 rings (SSSR count). The topological polar surface area (TPSA) is 34.4 Å². The third kappa shape index (κ3) is 3.11. The van der Waals surface area contributed by atoms with Crippen LogP contribution in [-0.4, -0.2) is 12.6 Å². The molecule has 20 heavy (non-hydrogen) atoms. The molecule has 1 aromatic carbocycles. The Hall–Kier alpha value is -1.58. The Morgan fingerprint density at radius 1 is 1.35 bits per heavy atom. The summed E-state index contributed by atoms with van der Waals surface area (Å²) < 4.78 is 11.6. The summed E-state index contributed by atoms with van der Waals surface area (Å²) in [6.07, 6.45) is 6.59. The summed E-state index contributed by atoms with van der Waals surface area (Å²) in [6.45, 7) is 4.02. The van der Waals surface area contributed by atoms with E-state index in [1.165, 1.54) is 23.8 Å². The number of para-hydroxylation sites is 1. The standard InChI is InChI=1S/C17H21NO2/c1-2-3-10-19-12-17-15(11-18-13-8-9-13)14-6-4-5-7-16(14)20-17/h2-7,13,18H,8-12H2,1H3. The van der Waals surface area contributed by atoms with Crippen molar-refractivity contribution < 1.29 is 9.15 Å². The molecule has 0 atom stereocenters. The second-order valence-corrected chi connectivity index (χ2v) is 5.24. The molecule has 0 amide bonds. The first-order valence-electron chi connectivity index (χ1n) is 7.30. The second kappa shape index (κ2) is 6.25. The average molecular weight is 271 g/mol. The first-order valence-corrected chi connectivity index (χ1v) is 7.30. The van der Waals surface area contributed by atoms with Gasteiger partial charge in [0.05, 0.1) is 6.61 Å². The third-order valence-corrected chi connectivity index (χ3v) is 3.61. The summed E-state index contributed by atoms with van der Waals surface area (Å²) in [5, 5.41) is 4.76. The molecule has 1 saturated carbocycles. The van der Waals surface area contributed by atoms with Crippen molar-refractivity contribution in [3.8, 4) is 0 Å². The highest BCUT2D eigenvalue weighted by Gasteiger charge is 2.22. The van der Waals surface area contributed by atoms with Gasteiger partial charge in [-0.05, 0) is 25.8 Å². The van der Waals surface area contributed by atoms with Gasteiger partial charge in [0.2, 0.25) is 0 Å². The lowest BCUT2D eigenvalue weighted by Gasteiger charge is -2.05. The fourth-order valence-corrected chi connectivity index (χ4v) is 2.31. The van der Waals surface area contributed by atoms with E-state index in [-0.39, 0.29) is 0 Å². The zero-order valence-electron chi connectivity index (χ0n) is 11.9. The lowest BCUT2D eigenvalue weighted by Crippen LogP contribution is -2.16. The van der Waals surface area contributed by atoms with Gasteiger partial charge in [0.15, 0.2) is 0 Å². The van der Waals surface area contributed by atoms with Crippen molar-refractivity contribution in [3.05, 3.63) is 47.7 Å². The summed E-state index contributed by atoms with van der Waals surface area (Å²) in [4.78, 5) is 0. The number of furan rings is 1.